The fourth-order valence-electron chi connectivity index (χ4n) is 5.88. The van der Waals surface area contributed by atoms with E-state index in [1.807, 2.05) is 0 Å². The van der Waals surface area contributed by atoms with Crippen molar-refractivity contribution in [3.63, 3.8) is 0 Å². The molecule has 0 saturated carbocycles. The predicted molar refractivity (Wildman–Crippen MR) is 161 cm³/mol. The number of aliphatic hydroxyl groups excluding tert-OH is 1. The van der Waals surface area contributed by atoms with E-state index in [1.54, 1.807) is 23.3 Å². The molecule has 2 N–H and O–H groups in total. The van der Waals surface area contributed by atoms with Crippen molar-refractivity contribution in [2.75, 3.05) is 29.9 Å². The molecule has 6 rings (SSSR count). The molecule has 0 aliphatic carbocycles. The van der Waals surface area contributed by atoms with Crippen molar-refractivity contribution < 1.29 is 23.1 Å². The molecule has 4 aromatic rings. The Bertz CT molecular complexity index is 1670. The number of anilines is 2. The Morgan fingerprint density at radius 3 is 2.67 bits per heavy atom. The van der Waals surface area contributed by atoms with Gasteiger partial charge in [0, 0.05) is 67.0 Å². The van der Waals surface area contributed by atoms with Crippen LogP contribution in [0.5, 0.6) is 0 Å². The standard InChI is InChI=1S/C30H31ClF3N9O2/c1-17-25(44)6-8-41(17)16-20-3-2-7-43(20)30-36-9-18(10-37-30)14-42-15-19(11-38-42)39-29(45)24-13-35-12-23(40-24)26-21(28(33)34)4-5-22(31)27(26)32/h4-5,9-13,15,17,20,25,28,44H,2-3,6-8,14,16H2,1H3,(H,39,45)/t17-,20-,25-/m0/s1. The van der Waals surface area contributed by atoms with Crippen LogP contribution in [0.1, 0.15) is 54.2 Å². The van der Waals surface area contributed by atoms with Crippen molar-refractivity contribution in [2.24, 2.45) is 0 Å². The monoisotopic (exact) mass is 641 g/mol. The SMILES string of the molecule is C[C@H]1[C@@H](O)CCN1C[C@@H]1CCCN1c1ncc(Cn2cc(NC(=O)c3cncc(-c4c(C(F)F)ccc(Cl)c4F)n3)cn2)cn1. The molecule has 1 amide bonds. The summed E-state index contributed by atoms with van der Waals surface area (Å²) in [7, 11) is 0. The minimum Gasteiger partial charge on any atom is -0.391 e. The predicted octanol–water partition coefficient (Wildman–Crippen LogP) is 4.58. The summed E-state index contributed by atoms with van der Waals surface area (Å²) < 4.78 is 43.4. The lowest BCUT2D eigenvalue weighted by Gasteiger charge is -2.31. The van der Waals surface area contributed by atoms with Crippen molar-refractivity contribution >= 4 is 29.1 Å². The van der Waals surface area contributed by atoms with Gasteiger partial charge < -0.3 is 15.3 Å². The number of rotatable bonds is 9. The quantitative estimate of drug-likeness (QED) is 0.270. The normalized spacial score (nSPS) is 20.3. The Balaban J connectivity index is 1.09. The molecule has 2 aliphatic heterocycles. The van der Waals surface area contributed by atoms with Crippen LogP contribution in [0.4, 0.5) is 24.8 Å². The average molecular weight is 642 g/mol. The topological polar surface area (TPSA) is 125 Å². The van der Waals surface area contributed by atoms with Crippen molar-refractivity contribution in [2.45, 2.75) is 57.3 Å². The summed E-state index contributed by atoms with van der Waals surface area (Å²) in [4.78, 5) is 34.7. The summed E-state index contributed by atoms with van der Waals surface area (Å²) in [5.74, 6) is -1.09. The number of likely N-dealkylation sites (tertiary alicyclic amines) is 1. The van der Waals surface area contributed by atoms with E-state index in [1.165, 1.54) is 6.20 Å². The van der Waals surface area contributed by atoms with Crippen LogP contribution in [-0.2, 0) is 6.54 Å². The molecule has 3 aromatic heterocycles. The Morgan fingerprint density at radius 1 is 1.13 bits per heavy atom. The van der Waals surface area contributed by atoms with Crippen LogP contribution in [0.2, 0.25) is 5.02 Å². The van der Waals surface area contributed by atoms with Crippen LogP contribution in [0, 0.1) is 5.82 Å². The Kier molecular flexibility index (Phi) is 8.97. The number of aliphatic hydroxyl groups is 1. The maximum absolute atomic E-state index is 14.7. The highest BCUT2D eigenvalue weighted by Gasteiger charge is 2.34. The highest BCUT2D eigenvalue weighted by molar-refractivity contribution is 6.31. The molecule has 2 fully saturated rings. The first-order valence-corrected chi connectivity index (χ1v) is 15.0. The number of aromatic nitrogens is 6. The minimum atomic E-state index is -2.99. The van der Waals surface area contributed by atoms with E-state index in [4.69, 9.17) is 11.6 Å². The zero-order chi connectivity index (χ0) is 31.7. The van der Waals surface area contributed by atoms with E-state index in [9.17, 15) is 23.1 Å². The van der Waals surface area contributed by atoms with Crippen LogP contribution in [-0.4, -0.2) is 83.5 Å². The van der Waals surface area contributed by atoms with Gasteiger partial charge in [-0.25, -0.2) is 28.1 Å². The molecule has 45 heavy (non-hydrogen) atoms. The number of alkyl halides is 2. The van der Waals surface area contributed by atoms with Crippen LogP contribution in [0.3, 0.4) is 0 Å². The van der Waals surface area contributed by atoms with Gasteiger partial charge in [0.05, 0.1) is 47.6 Å². The molecular weight excluding hydrogens is 611 g/mol. The van der Waals surface area contributed by atoms with E-state index in [0.717, 1.165) is 69.0 Å². The number of nitrogens with zero attached hydrogens (tertiary/aromatic N) is 8. The summed E-state index contributed by atoms with van der Waals surface area (Å²) in [6.45, 7) is 5.06. The van der Waals surface area contributed by atoms with Gasteiger partial charge in [0.25, 0.3) is 12.3 Å². The smallest absolute Gasteiger partial charge is 0.275 e. The lowest BCUT2D eigenvalue weighted by Crippen LogP contribution is -2.43. The molecule has 2 aliphatic rings. The van der Waals surface area contributed by atoms with Gasteiger partial charge in [-0.1, -0.05) is 17.7 Å². The minimum absolute atomic E-state index is 0.150. The maximum atomic E-state index is 14.7. The molecule has 0 bridgehead atoms. The second-order valence-electron chi connectivity index (χ2n) is 11.3. The molecule has 1 aromatic carbocycles. The Morgan fingerprint density at radius 2 is 1.93 bits per heavy atom. The molecular formula is C30H31ClF3N9O2. The Labute approximate surface area is 262 Å². The van der Waals surface area contributed by atoms with Crippen LogP contribution < -0.4 is 10.2 Å². The number of halogens is 4. The van der Waals surface area contributed by atoms with Crippen LogP contribution in [0.25, 0.3) is 11.3 Å². The molecule has 5 heterocycles. The Hall–Kier alpha value is -4.14. The molecule has 2 saturated heterocycles. The van der Waals surface area contributed by atoms with E-state index >= 15 is 0 Å². The fraction of sp³-hybridized carbons (Fsp3) is 0.400. The summed E-state index contributed by atoms with van der Waals surface area (Å²) in [6, 6.07) is 2.49. The molecule has 0 spiro atoms. The third kappa shape index (κ3) is 6.63. The second-order valence-corrected chi connectivity index (χ2v) is 11.7. The van der Waals surface area contributed by atoms with Gasteiger partial charge in [0.1, 0.15) is 5.69 Å². The third-order valence-corrected chi connectivity index (χ3v) is 8.63. The third-order valence-electron chi connectivity index (χ3n) is 8.34. The van der Waals surface area contributed by atoms with Gasteiger partial charge in [-0.05, 0) is 32.3 Å². The highest BCUT2D eigenvalue weighted by atomic mass is 35.5. The van der Waals surface area contributed by atoms with E-state index < -0.39 is 29.3 Å². The fourth-order valence-corrected chi connectivity index (χ4v) is 6.04. The number of hydrogen-bond acceptors (Lipinski definition) is 9. The molecule has 236 valence electrons. The lowest BCUT2D eigenvalue weighted by atomic mass is 10.0. The summed E-state index contributed by atoms with van der Waals surface area (Å²) in [5.41, 5.74) is -0.417. The van der Waals surface area contributed by atoms with E-state index in [-0.39, 0.29) is 28.6 Å². The number of carbonyl (C=O) groups is 1. The zero-order valence-electron chi connectivity index (χ0n) is 24.3. The maximum Gasteiger partial charge on any atom is 0.275 e. The van der Waals surface area contributed by atoms with Crippen molar-refractivity contribution in [3.05, 3.63) is 77.0 Å². The lowest BCUT2D eigenvalue weighted by molar-refractivity contribution is 0.102. The first-order valence-electron chi connectivity index (χ1n) is 14.6. The largest absolute Gasteiger partial charge is 0.391 e. The van der Waals surface area contributed by atoms with Crippen LogP contribution in [0.15, 0.2) is 49.3 Å². The van der Waals surface area contributed by atoms with Crippen LogP contribution >= 0.6 is 11.6 Å². The number of nitrogens with one attached hydrogen (secondary N) is 1. The summed E-state index contributed by atoms with van der Waals surface area (Å²) >= 11 is 5.81. The molecule has 11 nitrogen and oxygen atoms in total. The number of hydrogen-bond donors (Lipinski definition) is 2. The summed E-state index contributed by atoms with van der Waals surface area (Å²) in [6.07, 6.45) is 8.44. The van der Waals surface area contributed by atoms with E-state index in [0.29, 0.717) is 24.2 Å². The zero-order valence-corrected chi connectivity index (χ0v) is 25.1. The second kappa shape index (κ2) is 13.1. The van der Waals surface area contributed by atoms with Gasteiger partial charge >= 0.3 is 0 Å². The van der Waals surface area contributed by atoms with Gasteiger partial charge in [-0.15, -0.1) is 0 Å². The van der Waals surface area contributed by atoms with E-state index in [2.05, 4.69) is 47.1 Å². The van der Waals surface area contributed by atoms with Gasteiger partial charge in [0.15, 0.2) is 5.82 Å². The molecule has 0 radical (unpaired) electrons. The average Bonchev–Trinajstić information content (AvgIpc) is 3.76. The summed E-state index contributed by atoms with van der Waals surface area (Å²) in [5, 5.41) is 16.7. The number of amides is 1. The molecule has 3 atom stereocenters. The van der Waals surface area contributed by atoms with Crippen molar-refractivity contribution in [1.82, 2.24) is 34.6 Å². The molecule has 15 heteroatoms. The first-order chi connectivity index (χ1) is 21.7. The molecule has 0 unspecified atom stereocenters. The van der Waals surface area contributed by atoms with Gasteiger partial charge in [-0.3, -0.25) is 19.4 Å². The van der Waals surface area contributed by atoms with Crippen molar-refractivity contribution in [3.8, 4) is 11.3 Å². The number of carbonyl (C=O) groups excluding carboxylic acids is 1. The first kappa shape index (κ1) is 30.9. The van der Waals surface area contributed by atoms with Crippen molar-refractivity contribution in [1.29, 1.82) is 0 Å². The highest BCUT2D eigenvalue weighted by Crippen LogP contribution is 2.35. The van der Waals surface area contributed by atoms with Gasteiger partial charge in [-0.2, -0.15) is 5.10 Å². The van der Waals surface area contributed by atoms with Gasteiger partial charge in [0.2, 0.25) is 5.95 Å². The number of benzene rings is 1.